The molecule has 1 atom stereocenters. The van der Waals surface area contributed by atoms with Gasteiger partial charge >= 0.3 is 0 Å². The Labute approximate surface area is 120 Å². The van der Waals surface area contributed by atoms with E-state index < -0.39 is 0 Å². The highest BCUT2D eigenvalue weighted by Gasteiger charge is 2.34. The third-order valence-corrected chi connectivity index (χ3v) is 4.39. The van der Waals surface area contributed by atoms with Crippen LogP contribution in [0.3, 0.4) is 0 Å². The van der Waals surface area contributed by atoms with Gasteiger partial charge in [0.25, 0.3) is 0 Å². The lowest BCUT2D eigenvalue weighted by Gasteiger charge is -2.31. The van der Waals surface area contributed by atoms with Crippen molar-refractivity contribution in [2.45, 2.75) is 52.1 Å². The molecule has 1 saturated heterocycles. The number of hydrogen-bond acceptors (Lipinski definition) is 2. The smallest absolute Gasteiger partial charge is 0.223 e. The number of nitrogens with zero attached hydrogens (tertiary/aromatic N) is 1. The van der Waals surface area contributed by atoms with Crippen LogP contribution in [-0.4, -0.2) is 23.5 Å². The molecule has 108 valence electrons. The van der Waals surface area contributed by atoms with Gasteiger partial charge in [0.1, 0.15) is 5.75 Å². The molecule has 0 N–H and O–H groups in total. The van der Waals surface area contributed by atoms with Gasteiger partial charge < -0.3 is 9.64 Å². The number of rotatable bonds is 4. The fraction of sp³-hybridized carbons (Fsp3) is 0.588. The molecule has 0 bridgehead atoms. The van der Waals surface area contributed by atoms with E-state index in [2.05, 4.69) is 26.0 Å². The first-order valence-electron chi connectivity index (χ1n) is 7.67. The Kier molecular flexibility index (Phi) is 3.68. The fourth-order valence-electron chi connectivity index (χ4n) is 3.11. The van der Waals surface area contributed by atoms with Crippen molar-refractivity contribution < 1.29 is 9.53 Å². The molecule has 3 rings (SSSR count). The van der Waals surface area contributed by atoms with Crippen molar-refractivity contribution >= 4 is 5.91 Å². The van der Waals surface area contributed by atoms with Crippen LogP contribution in [-0.2, 0) is 17.8 Å². The minimum atomic E-state index is 0.318. The minimum absolute atomic E-state index is 0.318. The number of carbonyl (C=O) groups is 1. The second-order valence-electron chi connectivity index (χ2n) is 6.38. The van der Waals surface area contributed by atoms with Gasteiger partial charge in [-0.2, -0.15) is 0 Å². The lowest BCUT2D eigenvalue weighted by molar-refractivity contribution is -0.129. The van der Waals surface area contributed by atoms with Gasteiger partial charge in [0.05, 0.1) is 6.61 Å². The van der Waals surface area contributed by atoms with Gasteiger partial charge in [0, 0.05) is 19.0 Å². The first-order chi connectivity index (χ1) is 9.63. The summed E-state index contributed by atoms with van der Waals surface area (Å²) >= 11 is 0. The van der Waals surface area contributed by atoms with Crippen LogP contribution in [0.15, 0.2) is 18.2 Å². The van der Waals surface area contributed by atoms with Gasteiger partial charge in [-0.05, 0) is 48.4 Å². The van der Waals surface area contributed by atoms with E-state index in [0.717, 1.165) is 44.6 Å². The van der Waals surface area contributed by atoms with E-state index in [9.17, 15) is 4.79 Å². The molecule has 1 fully saturated rings. The third kappa shape index (κ3) is 2.67. The molecular weight excluding hydrogens is 250 g/mol. The van der Waals surface area contributed by atoms with Gasteiger partial charge in [-0.1, -0.05) is 19.9 Å². The Morgan fingerprint density at radius 2 is 2.20 bits per heavy atom. The van der Waals surface area contributed by atoms with Gasteiger partial charge in [0.2, 0.25) is 5.91 Å². The van der Waals surface area contributed by atoms with Crippen molar-refractivity contribution in [3.63, 3.8) is 0 Å². The lowest BCUT2D eigenvalue weighted by Crippen LogP contribution is -2.37. The molecule has 0 radical (unpaired) electrons. The SMILES string of the molecule is CC(C)CCOc1ccc2c(c1)CC1CCC(=O)N1C2. The molecule has 0 saturated carbocycles. The number of carbonyl (C=O) groups excluding carboxylic acids is 1. The number of fused-ring (bicyclic) bond motifs is 2. The van der Waals surface area contributed by atoms with Crippen LogP contribution in [0.5, 0.6) is 5.75 Å². The average molecular weight is 273 g/mol. The summed E-state index contributed by atoms with van der Waals surface area (Å²) in [6.07, 6.45) is 3.80. The van der Waals surface area contributed by atoms with Crippen molar-refractivity contribution in [1.29, 1.82) is 0 Å². The van der Waals surface area contributed by atoms with Gasteiger partial charge in [-0.3, -0.25) is 4.79 Å². The summed E-state index contributed by atoms with van der Waals surface area (Å²) in [6, 6.07) is 6.76. The standard InChI is InChI=1S/C17H23NO2/c1-12(2)7-8-20-16-5-3-13-11-18-15(4-6-17(18)19)9-14(13)10-16/h3,5,10,12,15H,4,6-9,11H2,1-2H3. The van der Waals surface area contributed by atoms with Crippen LogP contribution in [0.4, 0.5) is 0 Å². The predicted octanol–water partition coefficient (Wildman–Crippen LogP) is 3.16. The highest BCUT2D eigenvalue weighted by Crippen LogP contribution is 2.32. The molecule has 3 heteroatoms. The van der Waals surface area contributed by atoms with E-state index in [-0.39, 0.29) is 0 Å². The van der Waals surface area contributed by atoms with Crippen LogP contribution < -0.4 is 4.74 Å². The summed E-state index contributed by atoms with van der Waals surface area (Å²) in [6.45, 7) is 5.99. The van der Waals surface area contributed by atoms with E-state index in [1.807, 2.05) is 11.0 Å². The molecule has 2 heterocycles. The normalized spacial score (nSPS) is 21.1. The van der Waals surface area contributed by atoms with Crippen LogP contribution in [0.25, 0.3) is 0 Å². The Morgan fingerprint density at radius 3 is 3.00 bits per heavy atom. The van der Waals surface area contributed by atoms with Gasteiger partial charge in [0.15, 0.2) is 0 Å². The molecule has 1 aromatic carbocycles. The topological polar surface area (TPSA) is 29.5 Å². The summed E-state index contributed by atoms with van der Waals surface area (Å²) < 4.78 is 5.83. The van der Waals surface area contributed by atoms with E-state index in [4.69, 9.17) is 4.74 Å². The number of benzene rings is 1. The Morgan fingerprint density at radius 1 is 1.35 bits per heavy atom. The van der Waals surface area contributed by atoms with Gasteiger partial charge in [-0.25, -0.2) is 0 Å². The molecule has 3 nitrogen and oxygen atoms in total. The highest BCUT2D eigenvalue weighted by atomic mass is 16.5. The summed E-state index contributed by atoms with van der Waals surface area (Å²) in [5.41, 5.74) is 2.65. The quantitative estimate of drug-likeness (QED) is 0.843. The average Bonchev–Trinajstić information content (AvgIpc) is 2.77. The lowest BCUT2D eigenvalue weighted by atomic mass is 9.94. The predicted molar refractivity (Wildman–Crippen MR) is 78.7 cm³/mol. The zero-order chi connectivity index (χ0) is 14.1. The molecule has 1 amide bonds. The molecule has 1 unspecified atom stereocenters. The second kappa shape index (κ2) is 5.47. The van der Waals surface area contributed by atoms with Crippen molar-refractivity contribution in [2.75, 3.05) is 6.61 Å². The first-order valence-corrected chi connectivity index (χ1v) is 7.67. The molecule has 0 spiro atoms. The minimum Gasteiger partial charge on any atom is -0.494 e. The summed E-state index contributed by atoms with van der Waals surface area (Å²) in [7, 11) is 0. The van der Waals surface area contributed by atoms with E-state index in [1.165, 1.54) is 11.1 Å². The summed E-state index contributed by atoms with van der Waals surface area (Å²) in [5.74, 6) is 1.96. The molecule has 2 aliphatic rings. The zero-order valence-corrected chi connectivity index (χ0v) is 12.4. The molecule has 0 aromatic heterocycles. The molecule has 1 aromatic rings. The maximum Gasteiger partial charge on any atom is 0.223 e. The van der Waals surface area contributed by atoms with Crippen molar-refractivity contribution in [1.82, 2.24) is 4.90 Å². The van der Waals surface area contributed by atoms with E-state index >= 15 is 0 Å². The molecule has 0 aliphatic carbocycles. The largest absolute Gasteiger partial charge is 0.494 e. The van der Waals surface area contributed by atoms with E-state index in [0.29, 0.717) is 17.9 Å². The second-order valence-corrected chi connectivity index (χ2v) is 6.38. The number of hydrogen-bond donors (Lipinski definition) is 0. The zero-order valence-electron chi connectivity index (χ0n) is 12.4. The molecule has 2 aliphatic heterocycles. The summed E-state index contributed by atoms with van der Waals surface area (Å²) in [5, 5.41) is 0. The number of ether oxygens (including phenoxy) is 1. The van der Waals surface area contributed by atoms with E-state index in [1.54, 1.807) is 0 Å². The van der Waals surface area contributed by atoms with Crippen LogP contribution >= 0.6 is 0 Å². The van der Waals surface area contributed by atoms with Crippen molar-refractivity contribution in [3.05, 3.63) is 29.3 Å². The Bertz CT molecular complexity index is 510. The highest BCUT2D eigenvalue weighted by molar-refractivity contribution is 5.79. The van der Waals surface area contributed by atoms with Crippen LogP contribution in [0.2, 0.25) is 0 Å². The maximum absolute atomic E-state index is 11.8. The third-order valence-electron chi connectivity index (χ3n) is 4.39. The van der Waals surface area contributed by atoms with Crippen molar-refractivity contribution in [3.8, 4) is 5.75 Å². The Hall–Kier alpha value is -1.51. The number of amides is 1. The first kappa shape index (κ1) is 13.5. The monoisotopic (exact) mass is 273 g/mol. The summed E-state index contributed by atoms with van der Waals surface area (Å²) in [4.78, 5) is 13.8. The van der Waals surface area contributed by atoms with Crippen LogP contribution in [0.1, 0.15) is 44.2 Å². The maximum atomic E-state index is 11.8. The van der Waals surface area contributed by atoms with Gasteiger partial charge in [-0.15, -0.1) is 0 Å². The fourth-order valence-corrected chi connectivity index (χ4v) is 3.11. The molecule has 20 heavy (non-hydrogen) atoms. The Balaban J connectivity index is 1.69. The molecular formula is C17H23NO2. The van der Waals surface area contributed by atoms with Crippen molar-refractivity contribution in [2.24, 2.45) is 5.92 Å². The van der Waals surface area contributed by atoms with Crippen LogP contribution in [0, 0.1) is 5.92 Å².